The van der Waals surface area contributed by atoms with Gasteiger partial charge in [-0.05, 0) is 35.7 Å². The Morgan fingerprint density at radius 2 is 1.79 bits per heavy atom. The summed E-state index contributed by atoms with van der Waals surface area (Å²) in [6.45, 7) is 4.40. The maximum absolute atomic E-state index is 13.3. The first-order valence-corrected chi connectivity index (χ1v) is 9.69. The van der Waals surface area contributed by atoms with Crippen molar-refractivity contribution in [3.63, 3.8) is 0 Å². The van der Waals surface area contributed by atoms with Gasteiger partial charge in [-0.25, -0.2) is 9.36 Å². The summed E-state index contributed by atoms with van der Waals surface area (Å²) in [6, 6.07) is 14.9. The first kappa shape index (κ1) is 18.7. The lowest BCUT2D eigenvalue weighted by atomic mass is 10.1. The molecule has 142 valence electrons. The van der Waals surface area contributed by atoms with Crippen LogP contribution < -0.4 is 5.56 Å². The normalized spacial score (nSPS) is 11.5. The molecule has 5 nitrogen and oxygen atoms in total. The summed E-state index contributed by atoms with van der Waals surface area (Å²) in [5.41, 5.74) is 2.83. The van der Waals surface area contributed by atoms with Crippen LogP contribution in [0.25, 0.3) is 16.6 Å². The molecule has 0 aliphatic heterocycles. The van der Waals surface area contributed by atoms with Gasteiger partial charge in [0, 0.05) is 5.39 Å². The van der Waals surface area contributed by atoms with E-state index in [-0.39, 0.29) is 11.5 Å². The van der Waals surface area contributed by atoms with E-state index in [2.05, 4.69) is 24.0 Å². The van der Waals surface area contributed by atoms with Crippen molar-refractivity contribution in [2.45, 2.75) is 26.3 Å². The minimum Gasteiger partial charge on any atom is -0.265 e. The van der Waals surface area contributed by atoms with E-state index in [1.165, 1.54) is 4.68 Å². The fourth-order valence-corrected chi connectivity index (χ4v) is 3.52. The summed E-state index contributed by atoms with van der Waals surface area (Å²) in [4.78, 5) is 13.3. The Kier molecular flexibility index (Phi) is 4.96. The summed E-state index contributed by atoms with van der Waals surface area (Å²) in [7, 11) is 0. The van der Waals surface area contributed by atoms with Gasteiger partial charge < -0.3 is 0 Å². The van der Waals surface area contributed by atoms with Crippen LogP contribution in [-0.2, 0) is 6.54 Å². The second kappa shape index (κ2) is 7.41. The van der Waals surface area contributed by atoms with Crippen LogP contribution in [0.2, 0.25) is 10.0 Å². The van der Waals surface area contributed by atoms with Crippen LogP contribution in [0.3, 0.4) is 0 Å². The van der Waals surface area contributed by atoms with Gasteiger partial charge in [-0.1, -0.05) is 61.3 Å². The summed E-state index contributed by atoms with van der Waals surface area (Å²) >= 11 is 12.1. The fourth-order valence-electron chi connectivity index (χ4n) is 3.20. The van der Waals surface area contributed by atoms with Crippen LogP contribution in [0.1, 0.15) is 31.0 Å². The van der Waals surface area contributed by atoms with E-state index >= 15 is 0 Å². The first-order chi connectivity index (χ1) is 13.5. The van der Waals surface area contributed by atoms with Crippen LogP contribution in [0.4, 0.5) is 0 Å². The quantitative estimate of drug-likeness (QED) is 0.470. The van der Waals surface area contributed by atoms with Crippen molar-refractivity contribution in [1.29, 1.82) is 0 Å². The minimum atomic E-state index is -0.202. The Hall–Kier alpha value is -2.63. The molecule has 0 aliphatic carbocycles. The molecule has 4 aromatic rings. The van der Waals surface area contributed by atoms with Crippen molar-refractivity contribution in [3.05, 3.63) is 86.4 Å². The SMILES string of the molecule is CC(C)c1nn(Cc2ccc(Cl)c(Cl)c2)c(=O)c2c1cnn2-c1ccccc1. The minimum absolute atomic E-state index is 0.136. The van der Waals surface area contributed by atoms with Crippen molar-refractivity contribution >= 4 is 34.1 Å². The van der Waals surface area contributed by atoms with E-state index in [0.29, 0.717) is 22.1 Å². The van der Waals surface area contributed by atoms with Crippen molar-refractivity contribution in [1.82, 2.24) is 19.6 Å². The lowest BCUT2D eigenvalue weighted by Crippen LogP contribution is -2.27. The average Bonchev–Trinajstić information content (AvgIpc) is 3.13. The third-order valence-electron chi connectivity index (χ3n) is 4.57. The fraction of sp³-hybridized carbons (Fsp3) is 0.190. The van der Waals surface area contributed by atoms with Gasteiger partial charge in [-0.2, -0.15) is 10.2 Å². The number of aromatic nitrogens is 4. The summed E-state index contributed by atoms with van der Waals surface area (Å²) in [5, 5.41) is 10.8. The van der Waals surface area contributed by atoms with Crippen molar-refractivity contribution in [3.8, 4) is 5.69 Å². The lowest BCUT2D eigenvalue weighted by molar-refractivity contribution is 0.612. The average molecular weight is 413 g/mol. The Labute approximate surface area is 172 Å². The van der Waals surface area contributed by atoms with Gasteiger partial charge in [-0.3, -0.25) is 4.79 Å². The largest absolute Gasteiger partial charge is 0.293 e. The third kappa shape index (κ3) is 3.32. The Balaban J connectivity index is 1.93. The molecule has 0 atom stereocenters. The summed E-state index contributed by atoms with van der Waals surface area (Å²) < 4.78 is 3.15. The molecule has 2 aromatic heterocycles. The zero-order valence-corrected chi connectivity index (χ0v) is 16.9. The lowest BCUT2D eigenvalue weighted by Gasteiger charge is -2.12. The number of hydrogen-bond donors (Lipinski definition) is 0. The highest BCUT2D eigenvalue weighted by atomic mass is 35.5. The zero-order valence-electron chi connectivity index (χ0n) is 15.4. The molecule has 0 unspecified atom stereocenters. The molecule has 0 fully saturated rings. The van der Waals surface area contributed by atoms with Gasteiger partial charge in [0.2, 0.25) is 0 Å². The predicted molar refractivity (Wildman–Crippen MR) is 113 cm³/mol. The standard InChI is InChI=1S/C21H18Cl2N4O/c1-13(2)19-16-11-24-27(15-6-4-3-5-7-15)20(16)21(28)26(25-19)12-14-8-9-17(22)18(23)10-14/h3-11,13H,12H2,1-2H3. The van der Waals surface area contributed by atoms with Gasteiger partial charge in [0.1, 0.15) is 5.52 Å². The van der Waals surface area contributed by atoms with E-state index in [4.69, 9.17) is 23.2 Å². The van der Waals surface area contributed by atoms with Crippen molar-refractivity contribution in [2.75, 3.05) is 0 Å². The highest BCUT2D eigenvalue weighted by Crippen LogP contribution is 2.25. The van der Waals surface area contributed by atoms with E-state index < -0.39 is 0 Å². The highest BCUT2D eigenvalue weighted by molar-refractivity contribution is 6.42. The number of halogens is 2. The first-order valence-electron chi connectivity index (χ1n) is 8.94. The second-order valence-corrected chi connectivity index (χ2v) is 7.72. The molecule has 0 saturated carbocycles. The van der Waals surface area contributed by atoms with Gasteiger partial charge in [0.05, 0.1) is 34.2 Å². The number of rotatable bonds is 4. The molecule has 2 heterocycles. The van der Waals surface area contributed by atoms with Gasteiger partial charge >= 0.3 is 0 Å². The molecule has 0 saturated heterocycles. The van der Waals surface area contributed by atoms with E-state index in [9.17, 15) is 4.79 Å². The molecule has 0 aliphatic rings. The molecular formula is C21H18Cl2N4O. The van der Waals surface area contributed by atoms with E-state index in [1.54, 1.807) is 23.0 Å². The van der Waals surface area contributed by atoms with Crippen molar-refractivity contribution < 1.29 is 0 Å². The second-order valence-electron chi connectivity index (χ2n) is 6.91. The molecule has 4 rings (SSSR count). The predicted octanol–water partition coefficient (Wildman–Crippen LogP) is 5.06. The van der Waals surface area contributed by atoms with Crippen LogP contribution in [0.15, 0.2) is 59.5 Å². The Bertz CT molecular complexity index is 1210. The maximum Gasteiger partial charge on any atom is 0.293 e. The molecule has 7 heteroatoms. The molecule has 0 spiro atoms. The van der Waals surface area contributed by atoms with Gasteiger partial charge in [0.15, 0.2) is 0 Å². The van der Waals surface area contributed by atoms with Crippen LogP contribution in [0, 0.1) is 0 Å². The highest BCUT2D eigenvalue weighted by Gasteiger charge is 2.19. The summed E-state index contributed by atoms with van der Waals surface area (Å²) in [6.07, 6.45) is 1.72. The molecule has 0 radical (unpaired) electrons. The number of hydrogen-bond acceptors (Lipinski definition) is 3. The molecule has 2 aromatic carbocycles. The molecule has 0 N–H and O–H groups in total. The molecule has 0 bridgehead atoms. The molecule has 0 amide bonds. The van der Waals surface area contributed by atoms with E-state index in [0.717, 1.165) is 22.3 Å². The van der Waals surface area contributed by atoms with Crippen LogP contribution >= 0.6 is 23.2 Å². The van der Waals surface area contributed by atoms with Crippen molar-refractivity contribution in [2.24, 2.45) is 0 Å². The smallest absolute Gasteiger partial charge is 0.265 e. The molecular weight excluding hydrogens is 395 g/mol. The van der Waals surface area contributed by atoms with Gasteiger partial charge in [0.25, 0.3) is 5.56 Å². The Morgan fingerprint density at radius 1 is 1.04 bits per heavy atom. The Morgan fingerprint density at radius 3 is 2.46 bits per heavy atom. The summed E-state index contributed by atoms with van der Waals surface area (Å²) in [5.74, 6) is 0.136. The molecule has 28 heavy (non-hydrogen) atoms. The maximum atomic E-state index is 13.3. The van der Waals surface area contributed by atoms with Gasteiger partial charge in [-0.15, -0.1) is 0 Å². The topological polar surface area (TPSA) is 52.7 Å². The van der Waals surface area contributed by atoms with Crippen LogP contribution in [-0.4, -0.2) is 19.6 Å². The number of benzene rings is 2. The number of para-hydroxylation sites is 1. The zero-order chi connectivity index (χ0) is 19.8. The third-order valence-corrected chi connectivity index (χ3v) is 5.31. The number of nitrogens with zero attached hydrogens (tertiary/aromatic N) is 4. The number of fused-ring (bicyclic) bond motifs is 1. The monoisotopic (exact) mass is 412 g/mol. The van der Waals surface area contributed by atoms with E-state index in [1.807, 2.05) is 36.4 Å². The van der Waals surface area contributed by atoms with Crippen LogP contribution in [0.5, 0.6) is 0 Å².